The molecule has 0 radical (unpaired) electrons. The predicted octanol–water partition coefficient (Wildman–Crippen LogP) is 4.14. The summed E-state index contributed by atoms with van der Waals surface area (Å²) in [5, 5.41) is 0. The zero-order valence-corrected chi connectivity index (χ0v) is 9.70. The summed E-state index contributed by atoms with van der Waals surface area (Å²) >= 11 is 0. The molecule has 0 aromatic heterocycles. The Hall–Kier alpha value is -1.63. The third-order valence-electron chi connectivity index (χ3n) is 3.68. The number of para-hydroxylation sites is 1. The summed E-state index contributed by atoms with van der Waals surface area (Å²) in [7, 11) is 0. The Labute approximate surface area is 96.2 Å². The molecule has 2 aliphatic rings. The van der Waals surface area contributed by atoms with Crippen LogP contribution in [0.5, 0.6) is 0 Å². The number of fused-ring (bicyclic) bond motifs is 3. The molecule has 1 aromatic carbocycles. The van der Waals surface area contributed by atoms with Crippen LogP contribution in [0.15, 0.2) is 47.5 Å². The van der Waals surface area contributed by atoms with Crippen molar-refractivity contribution in [2.24, 2.45) is 10.4 Å². The summed E-state index contributed by atoms with van der Waals surface area (Å²) in [4.78, 5) is 4.79. The van der Waals surface area contributed by atoms with E-state index >= 15 is 0 Å². The molecule has 1 unspecified atom stereocenters. The molecule has 3 rings (SSSR count). The van der Waals surface area contributed by atoms with Crippen molar-refractivity contribution in [3.8, 4) is 0 Å². The Morgan fingerprint density at radius 1 is 1.25 bits per heavy atom. The van der Waals surface area contributed by atoms with Crippen molar-refractivity contribution < 1.29 is 0 Å². The topological polar surface area (TPSA) is 12.4 Å². The molecule has 1 heterocycles. The van der Waals surface area contributed by atoms with E-state index in [1.165, 1.54) is 16.8 Å². The number of rotatable bonds is 1. The van der Waals surface area contributed by atoms with E-state index in [0.717, 1.165) is 12.1 Å². The van der Waals surface area contributed by atoms with Gasteiger partial charge in [0.1, 0.15) is 0 Å². The zero-order valence-electron chi connectivity index (χ0n) is 9.70. The number of hydrogen-bond acceptors (Lipinski definition) is 1. The molecule has 1 aromatic rings. The van der Waals surface area contributed by atoms with Crippen LogP contribution >= 0.6 is 0 Å². The molecule has 1 aliphatic carbocycles. The van der Waals surface area contributed by atoms with Gasteiger partial charge in [-0.1, -0.05) is 50.3 Å². The van der Waals surface area contributed by atoms with E-state index in [9.17, 15) is 0 Å². The monoisotopic (exact) mass is 209 g/mol. The molecule has 0 saturated heterocycles. The largest absolute Gasteiger partial charge is 0.251 e. The van der Waals surface area contributed by atoms with Crippen molar-refractivity contribution in [3.63, 3.8) is 0 Å². The first kappa shape index (κ1) is 9.59. The minimum absolute atomic E-state index is 0.100. The fraction of sp³-hybridized carbons (Fsp3) is 0.267. The second-order valence-electron chi connectivity index (χ2n) is 4.69. The third-order valence-corrected chi connectivity index (χ3v) is 3.68. The highest BCUT2D eigenvalue weighted by Gasteiger charge is 2.34. The van der Waals surface area contributed by atoms with Crippen LogP contribution in [0.3, 0.4) is 0 Å². The van der Waals surface area contributed by atoms with Crippen molar-refractivity contribution in [2.75, 3.05) is 0 Å². The van der Waals surface area contributed by atoms with E-state index in [-0.39, 0.29) is 5.41 Å². The molecule has 0 fully saturated rings. The van der Waals surface area contributed by atoms with Gasteiger partial charge in [0.25, 0.3) is 0 Å². The lowest BCUT2D eigenvalue weighted by atomic mass is 9.75. The number of hydrogen-bond donors (Lipinski definition) is 0. The highest BCUT2D eigenvalue weighted by atomic mass is 14.8. The molecule has 80 valence electrons. The Morgan fingerprint density at radius 2 is 2.06 bits per heavy atom. The van der Waals surface area contributed by atoms with Gasteiger partial charge in [0.05, 0.1) is 11.4 Å². The minimum atomic E-state index is 0.100. The van der Waals surface area contributed by atoms with Crippen LogP contribution in [0.25, 0.3) is 5.57 Å². The van der Waals surface area contributed by atoms with Gasteiger partial charge < -0.3 is 0 Å². The normalized spacial score (nSPS) is 25.9. The van der Waals surface area contributed by atoms with Gasteiger partial charge >= 0.3 is 0 Å². The summed E-state index contributed by atoms with van der Waals surface area (Å²) in [6.45, 7) is 4.49. The summed E-state index contributed by atoms with van der Waals surface area (Å²) in [5.74, 6) is 0. The van der Waals surface area contributed by atoms with Crippen molar-refractivity contribution >= 4 is 17.0 Å². The maximum Gasteiger partial charge on any atom is 0.0712 e. The van der Waals surface area contributed by atoms with E-state index in [2.05, 4.69) is 56.3 Å². The molecular formula is C15H15N. The van der Waals surface area contributed by atoms with Gasteiger partial charge in [-0.05, 0) is 12.5 Å². The van der Waals surface area contributed by atoms with Crippen molar-refractivity contribution in [1.82, 2.24) is 0 Å². The molecule has 1 heteroatoms. The average molecular weight is 209 g/mol. The van der Waals surface area contributed by atoms with Crippen LogP contribution in [0.1, 0.15) is 25.8 Å². The molecule has 0 spiro atoms. The fourth-order valence-corrected chi connectivity index (χ4v) is 2.43. The zero-order chi connectivity index (χ0) is 11.2. The van der Waals surface area contributed by atoms with Crippen molar-refractivity contribution in [1.29, 1.82) is 0 Å². The first-order valence-electron chi connectivity index (χ1n) is 5.83. The van der Waals surface area contributed by atoms with Gasteiger partial charge in [0.15, 0.2) is 0 Å². The number of benzene rings is 1. The first-order valence-corrected chi connectivity index (χ1v) is 5.83. The van der Waals surface area contributed by atoms with E-state index < -0.39 is 0 Å². The van der Waals surface area contributed by atoms with Gasteiger partial charge in [-0.2, -0.15) is 0 Å². The van der Waals surface area contributed by atoms with E-state index in [1.54, 1.807) is 0 Å². The summed E-state index contributed by atoms with van der Waals surface area (Å²) < 4.78 is 0. The highest BCUT2D eigenvalue weighted by Crippen LogP contribution is 2.44. The molecule has 1 atom stereocenters. The summed E-state index contributed by atoms with van der Waals surface area (Å²) in [6, 6.07) is 8.39. The lowest BCUT2D eigenvalue weighted by Gasteiger charge is -2.28. The lowest BCUT2D eigenvalue weighted by Crippen LogP contribution is -2.25. The van der Waals surface area contributed by atoms with E-state index in [4.69, 9.17) is 4.99 Å². The lowest BCUT2D eigenvalue weighted by molar-refractivity contribution is 0.576. The highest BCUT2D eigenvalue weighted by molar-refractivity contribution is 6.32. The molecular weight excluding hydrogens is 194 g/mol. The van der Waals surface area contributed by atoms with Gasteiger partial charge in [-0.3, -0.25) is 4.99 Å². The number of allylic oxidation sites excluding steroid dienone is 4. The van der Waals surface area contributed by atoms with Gasteiger partial charge in [0.2, 0.25) is 0 Å². The number of aliphatic imine (C=N–C) groups is 1. The summed E-state index contributed by atoms with van der Waals surface area (Å²) in [6.07, 6.45) is 7.71. The third kappa shape index (κ3) is 1.15. The summed E-state index contributed by atoms with van der Waals surface area (Å²) in [5.41, 5.74) is 5.04. The quantitative estimate of drug-likeness (QED) is 0.659. The van der Waals surface area contributed by atoms with Crippen LogP contribution in [-0.2, 0) is 0 Å². The van der Waals surface area contributed by atoms with Crippen molar-refractivity contribution in [2.45, 2.75) is 20.3 Å². The van der Waals surface area contributed by atoms with Gasteiger partial charge in [-0.25, -0.2) is 0 Å². The van der Waals surface area contributed by atoms with E-state index in [1.807, 2.05) is 0 Å². The Balaban J connectivity index is 2.21. The van der Waals surface area contributed by atoms with Crippen molar-refractivity contribution in [3.05, 3.63) is 48.1 Å². The predicted molar refractivity (Wildman–Crippen MR) is 69.1 cm³/mol. The molecule has 0 saturated carbocycles. The molecule has 1 nitrogen and oxygen atoms in total. The van der Waals surface area contributed by atoms with Crippen LogP contribution in [0.4, 0.5) is 5.69 Å². The average Bonchev–Trinajstić information content (AvgIpc) is 2.70. The second-order valence-corrected chi connectivity index (χ2v) is 4.69. The smallest absolute Gasteiger partial charge is 0.0712 e. The van der Waals surface area contributed by atoms with E-state index in [0.29, 0.717) is 0 Å². The SMILES string of the molecule is CCC1(C)C=CC=C2C1=Nc1ccccc12. The standard InChI is InChI=1S/C15H15N/c1-3-15(2)10-6-8-12-11-7-4-5-9-13(11)16-14(12)15/h4-10H,3H2,1-2H3. The molecule has 0 amide bonds. The minimum Gasteiger partial charge on any atom is -0.251 e. The first-order chi connectivity index (χ1) is 7.74. The van der Waals surface area contributed by atoms with Crippen LogP contribution in [-0.4, -0.2) is 5.71 Å². The van der Waals surface area contributed by atoms with Gasteiger partial charge in [0, 0.05) is 16.6 Å². The maximum atomic E-state index is 4.79. The molecule has 0 bridgehead atoms. The van der Waals surface area contributed by atoms with Crippen LogP contribution in [0.2, 0.25) is 0 Å². The number of nitrogens with zero attached hydrogens (tertiary/aromatic N) is 1. The van der Waals surface area contributed by atoms with Crippen LogP contribution < -0.4 is 0 Å². The second kappa shape index (κ2) is 3.18. The maximum absolute atomic E-state index is 4.79. The van der Waals surface area contributed by atoms with Gasteiger partial charge in [-0.15, -0.1) is 0 Å². The fourth-order valence-electron chi connectivity index (χ4n) is 2.43. The van der Waals surface area contributed by atoms with Crippen LogP contribution in [0, 0.1) is 5.41 Å². The Kier molecular flexibility index (Phi) is 1.90. The molecule has 1 aliphatic heterocycles. The Morgan fingerprint density at radius 3 is 2.88 bits per heavy atom. The molecule has 16 heavy (non-hydrogen) atoms. The molecule has 0 N–H and O–H groups in total. The Bertz CT molecular complexity index is 534.